The lowest BCUT2D eigenvalue weighted by atomic mass is 10.1. The highest BCUT2D eigenvalue weighted by molar-refractivity contribution is 5.98. The lowest BCUT2D eigenvalue weighted by Crippen LogP contribution is -2.45. The summed E-state index contributed by atoms with van der Waals surface area (Å²) in [6, 6.07) is 16.1. The van der Waals surface area contributed by atoms with E-state index in [4.69, 9.17) is 4.74 Å². The van der Waals surface area contributed by atoms with E-state index in [1.165, 1.54) is 0 Å². The molecule has 2 rings (SSSR count). The summed E-state index contributed by atoms with van der Waals surface area (Å²) < 4.78 is 5.76. The van der Waals surface area contributed by atoms with E-state index in [2.05, 4.69) is 10.6 Å². The number of carbonyl (C=O) groups is 2. The van der Waals surface area contributed by atoms with E-state index in [1.54, 1.807) is 24.3 Å². The average Bonchev–Trinajstić information content (AvgIpc) is 2.52. The minimum absolute atomic E-state index is 0.0875. The van der Waals surface area contributed by atoms with Gasteiger partial charge in [-0.3, -0.25) is 9.59 Å². The van der Waals surface area contributed by atoms with Gasteiger partial charge in [-0.15, -0.1) is 0 Å². The summed E-state index contributed by atoms with van der Waals surface area (Å²) in [5.41, 5.74) is 0.0424. The van der Waals surface area contributed by atoms with E-state index < -0.39 is 0 Å². The third kappa shape index (κ3) is 5.43. The SMILES string of the molecule is CC(C)(C)NC(=O)CNC(=O)c1ccccc1Oc1ccccc1. The fourth-order valence-electron chi connectivity index (χ4n) is 2.08. The Morgan fingerprint density at radius 1 is 0.958 bits per heavy atom. The van der Waals surface area contributed by atoms with Gasteiger partial charge >= 0.3 is 0 Å². The predicted octanol–water partition coefficient (Wildman–Crippen LogP) is 3.12. The Labute approximate surface area is 142 Å². The summed E-state index contributed by atoms with van der Waals surface area (Å²) in [5.74, 6) is 0.489. The molecule has 2 N–H and O–H groups in total. The van der Waals surface area contributed by atoms with Crippen LogP contribution in [0, 0.1) is 0 Å². The van der Waals surface area contributed by atoms with Gasteiger partial charge < -0.3 is 15.4 Å². The van der Waals surface area contributed by atoms with Crippen LogP contribution in [0.2, 0.25) is 0 Å². The van der Waals surface area contributed by atoms with Crippen LogP contribution in [0.4, 0.5) is 0 Å². The molecule has 2 amide bonds. The number of benzene rings is 2. The Bertz CT molecular complexity index is 706. The summed E-state index contributed by atoms with van der Waals surface area (Å²) in [5, 5.41) is 5.41. The molecule has 0 aliphatic rings. The molecule has 2 aromatic carbocycles. The van der Waals surface area contributed by atoms with E-state index in [0.717, 1.165) is 0 Å². The standard InChI is InChI=1S/C19H22N2O3/c1-19(2,3)21-17(22)13-20-18(23)15-11-7-8-12-16(15)24-14-9-5-4-6-10-14/h4-12H,13H2,1-3H3,(H,20,23)(H,21,22). The molecule has 2 aromatic rings. The van der Waals surface area contributed by atoms with Crippen molar-refractivity contribution in [2.75, 3.05) is 6.54 Å². The van der Waals surface area contributed by atoms with Crippen LogP contribution in [0.25, 0.3) is 0 Å². The van der Waals surface area contributed by atoms with E-state index in [-0.39, 0.29) is 23.9 Å². The molecule has 0 aromatic heterocycles. The second-order valence-corrected chi connectivity index (χ2v) is 6.39. The molecular weight excluding hydrogens is 304 g/mol. The molecule has 0 spiro atoms. The molecule has 5 nitrogen and oxygen atoms in total. The number of carbonyl (C=O) groups excluding carboxylic acids is 2. The highest BCUT2D eigenvalue weighted by Crippen LogP contribution is 2.24. The van der Waals surface area contributed by atoms with Crippen molar-refractivity contribution in [1.82, 2.24) is 10.6 Å². The maximum absolute atomic E-state index is 12.4. The van der Waals surface area contributed by atoms with Crippen molar-refractivity contribution in [3.8, 4) is 11.5 Å². The molecule has 24 heavy (non-hydrogen) atoms. The van der Waals surface area contributed by atoms with Crippen molar-refractivity contribution in [3.63, 3.8) is 0 Å². The number of ether oxygens (including phenoxy) is 1. The smallest absolute Gasteiger partial charge is 0.255 e. The van der Waals surface area contributed by atoms with Gasteiger partial charge in [0.15, 0.2) is 0 Å². The summed E-state index contributed by atoms with van der Waals surface area (Å²) in [6.07, 6.45) is 0. The molecule has 5 heteroatoms. The first-order valence-electron chi connectivity index (χ1n) is 7.76. The molecule has 126 valence electrons. The molecule has 0 radical (unpaired) electrons. The van der Waals surface area contributed by atoms with E-state index in [1.807, 2.05) is 51.1 Å². The quantitative estimate of drug-likeness (QED) is 0.887. The Hall–Kier alpha value is -2.82. The summed E-state index contributed by atoms with van der Waals surface area (Å²) in [7, 11) is 0. The highest BCUT2D eigenvalue weighted by atomic mass is 16.5. The van der Waals surface area contributed by atoms with Crippen LogP contribution in [0.1, 0.15) is 31.1 Å². The number of nitrogens with one attached hydrogen (secondary N) is 2. The zero-order valence-electron chi connectivity index (χ0n) is 14.1. The van der Waals surface area contributed by atoms with Gasteiger partial charge in [0.2, 0.25) is 5.91 Å². The van der Waals surface area contributed by atoms with Gasteiger partial charge in [0, 0.05) is 5.54 Å². The molecular formula is C19H22N2O3. The summed E-state index contributed by atoms with van der Waals surface area (Å²) in [4.78, 5) is 24.2. The molecule has 0 heterocycles. The minimum atomic E-state index is -0.356. The van der Waals surface area contributed by atoms with Crippen LogP contribution in [-0.2, 0) is 4.79 Å². The van der Waals surface area contributed by atoms with Crippen molar-refractivity contribution < 1.29 is 14.3 Å². The minimum Gasteiger partial charge on any atom is -0.457 e. The number of para-hydroxylation sites is 2. The van der Waals surface area contributed by atoms with Crippen LogP contribution in [0.15, 0.2) is 54.6 Å². The van der Waals surface area contributed by atoms with Crippen molar-refractivity contribution in [1.29, 1.82) is 0 Å². The molecule has 0 fully saturated rings. The van der Waals surface area contributed by atoms with Crippen LogP contribution < -0.4 is 15.4 Å². The van der Waals surface area contributed by atoms with Gasteiger partial charge in [-0.05, 0) is 45.0 Å². The Kier molecular flexibility index (Phi) is 5.58. The van der Waals surface area contributed by atoms with Crippen LogP contribution in [-0.4, -0.2) is 23.9 Å². The first kappa shape index (κ1) is 17.5. The Morgan fingerprint density at radius 2 is 1.58 bits per heavy atom. The second kappa shape index (κ2) is 7.64. The first-order valence-corrected chi connectivity index (χ1v) is 7.76. The van der Waals surface area contributed by atoms with Gasteiger partial charge in [-0.25, -0.2) is 0 Å². The van der Waals surface area contributed by atoms with E-state index in [0.29, 0.717) is 17.1 Å². The lowest BCUT2D eigenvalue weighted by Gasteiger charge is -2.20. The zero-order valence-corrected chi connectivity index (χ0v) is 14.1. The summed E-state index contributed by atoms with van der Waals surface area (Å²) >= 11 is 0. The molecule has 0 saturated heterocycles. The number of amides is 2. The van der Waals surface area contributed by atoms with Crippen LogP contribution in [0.5, 0.6) is 11.5 Å². The number of rotatable bonds is 5. The lowest BCUT2D eigenvalue weighted by molar-refractivity contribution is -0.121. The van der Waals surface area contributed by atoms with Crippen molar-refractivity contribution in [3.05, 3.63) is 60.2 Å². The second-order valence-electron chi connectivity index (χ2n) is 6.39. The Balaban J connectivity index is 2.03. The number of hydrogen-bond donors (Lipinski definition) is 2. The maximum atomic E-state index is 12.4. The highest BCUT2D eigenvalue weighted by Gasteiger charge is 2.16. The largest absolute Gasteiger partial charge is 0.457 e. The monoisotopic (exact) mass is 326 g/mol. The first-order chi connectivity index (χ1) is 11.3. The van der Waals surface area contributed by atoms with Crippen molar-refractivity contribution >= 4 is 11.8 Å². The van der Waals surface area contributed by atoms with Crippen molar-refractivity contribution in [2.45, 2.75) is 26.3 Å². The van der Waals surface area contributed by atoms with Crippen LogP contribution >= 0.6 is 0 Å². The van der Waals surface area contributed by atoms with E-state index in [9.17, 15) is 9.59 Å². The van der Waals surface area contributed by atoms with E-state index >= 15 is 0 Å². The predicted molar refractivity (Wildman–Crippen MR) is 93.2 cm³/mol. The van der Waals surface area contributed by atoms with Gasteiger partial charge in [0.25, 0.3) is 5.91 Å². The Morgan fingerprint density at radius 3 is 2.25 bits per heavy atom. The molecule has 0 aliphatic heterocycles. The third-order valence-electron chi connectivity index (χ3n) is 3.03. The fraction of sp³-hybridized carbons (Fsp3) is 0.263. The maximum Gasteiger partial charge on any atom is 0.255 e. The van der Waals surface area contributed by atoms with Crippen LogP contribution in [0.3, 0.4) is 0 Å². The molecule has 0 bridgehead atoms. The van der Waals surface area contributed by atoms with Crippen molar-refractivity contribution in [2.24, 2.45) is 0 Å². The molecule has 0 aliphatic carbocycles. The number of hydrogen-bond acceptors (Lipinski definition) is 3. The average molecular weight is 326 g/mol. The molecule has 0 saturated carbocycles. The van der Waals surface area contributed by atoms with Gasteiger partial charge in [-0.1, -0.05) is 30.3 Å². The third-order valence-corrected chi connectivity index (χ3v) is 3.03. The topological polar surface area (TPSA) is 67.4 Å². The van der Waals surface area contributed by atoms with Gasteiger partial charge in [0.1, 0.15) is 11.5 Å². The van der Waals surface area contributed by atoms with Gasteiger partial charge in [-0.2, -0.15) is 0 Å². The fourth-order valence-corrected chi connectivity index (χ4v) is 2.08. The summed E-state index contributed by atoms with van der Waals surface area (Å²) in [6.45, 7) is 5.57. The molecule has 0 atom stereocenters. The molecule has 0 unspecified atom stereocenters. The zero-order chi connectivity index (χ0) is 17.6. The van der Waals surface area contributed by atoms with Gasteiger partial charge in [0.05, 0.1) is 12.1 Å². The normalized spacial score (nSPS) is 10.8.